The minimum atomic E-state index is 0. The molecule has 5 nitrogen and oxygen atoms in total. The Bertz CT molecular complexity index is 25.6. The molecule has 0 rings (SSSR count). The molecule has 0 bridgehead atoms. The Morgan fingerprint density at radius 2 is 0.900 bits per heavy atom. The van der Waals surface area contributed by atoms with E-state index in [1.54, 1.807) is 0 Å². The number of aliphatic hydroxyl groups excluding tert-OH is 2. The van der Waals surface area contributed by atoms with E-state index in [4.69, 9.17) is 10.2 Å². The second kappa shape index (κ2) is 33.8. The molecule has 0 saturated heterocycles. The Balaban J connectivity index is -0.0000000208. The van der Waals surface area contributed by atoms with Crippen molar-refractivity contribution in [1.29, 1.82) is 0 Å². The van der Waals surface area contributed by atoms with Crippen molar-refractivity contribution in [2.75, 3.05) is 13.2 Å². The van der Waals surface area contributed by atoms with Crippen LogP contribution in [-0.4, -0.2) is 39.9 Å². The van der Waals surface area contributed by atoms with Gasteiger partial charge in [0.2, 0.25) is 0 Å². The van der Waals surface area contributed by atoms with Gasteiger partial charge in [-0.05, 0) is 12.8 Å². The minimum Gasteiger partial charge on any atom is -0.870 e. The molecule has 0 unspecified atom stereocenters. The molecule has 5 N–H and O–H groups in total. The van der Waals surface area contributed by atoms with Gasteiger partial charge in [-0.2, -0.15) is 0 Å². The zero-order valence-corrected chi connectivity index (χ0v) is 7.13. The van der Waals surface area contributed by atoms with Crippen LogP contribution in [-0.2, 0) is 21.7 Å². The number of hydrogen-bond donors (Lipinski definition) is 2. The molecule has 0 aromatic carbocycles. The third-order valence-electron chi connectivity index (χ3n) is 0.566. The Kier molecular flexibility index (Phi) is 106. The van der Waals surface area contributed by atoms with Crippen molar-refractivity contribution in [2.45, 2.75) is 12.8 Å². The van der Waals surface area contributed by atoms with Gasteiger partial charge in [0.15, 0.2) is 0 Å². The molecule has 0 amide bonds. The first-order chi connectivity index (χ1) is 2.91. The molecule has 0 spiro atoms. The third kappa shape index (κ3) is 38.9. The summed E-state index contributed by atoms with van der Waals surface area (Å²) >= 11 is 0. The molecule has 6 heteroatoms. The quantitative estimate of drug-likeness (QED) is 0.443. The van der Waals surface area contributed by atoms with E-state index in [-0.39, 0.29) is 51.4 Å². The van der Waals surface area contributed by atoms with Crippen LogP contribution in [0.1, 0.15) is 12.8 Å². The summed E-state index contributed by atoms with van der Waals surface area (Å²) in [6.07, 6.45) is 1.44. The fraction of sp³-hybridized carbons (Fsp3) is 1.00. The van der Waals surface area contributed by atoms with Crippen LogP contribution in [0, 0.1) is 0 Å². The van der Waals surface area contributed by atoms with Gasteiger partial charge >= 0.3 is 0 Å². The van der Waals surface area contributed by atoms with Gasteiger partial charge in [0.25, 0.3) is 0 Å². The Morgan fingerprint density at radius 1 is 0.700 bits per heavy atom. The summed E-state index contributed by atoms with van der Waals surface area (Å²) in [5.41, 5.74) is 0. The molecule has 0 saturated carbocycles. The molecule has 0 radical (unpaired) electrons. The first kappa shape index (κ1) is 31.3. The van der Waals surface area contributed by atoms with Crippen LogP contribution in [0.4, 0.5) is 0 Å². The Hall–Kier alpha value is 0.514. The summed E-state index contributed by atoms with van der Waals surface area (Å²) < 4.78 is 0. The molecule has 0 aliphatic carbocycles. The van der Waals surface area contributed by atoms with E-state index in [1.807, 2.05) is 0 Å². The largest absolute Gasteiger partial charge is 0.870 e. The number of unbranched alkanes of at least 4 members (excludes halogenated alkanes) is 1. The van der Waals surface area contributed by atoms with Crippen molar-refractivity contribution in [3.8, 4) is 0 Å². The van der Waals surface area contributed by atoms with Crippen LogP contribution < -0.4 is 0 Å². The summed E-state index contributed by atoms with van der Waals surface area (Å²) in [5, 5.41) is 16.2. The number of hydrogen-bond acceptors (Lipinski definition) is 5. The van der Waals surface area contributed by atoms with E-state index in [0.29, 0.717) is 0 Å². The van der Waals surface area contributed by atoms with Crippen LogP contribution in [0.3, 0.4) is 0 Å². The summed E-state index contributed by atoms with van der Waals surface area (Å²) in [4.78, 5) is 0. The van der Waals surface area contributed by atoms with Crippen LogP contribution in [0.25, 0.3) is 0 Å². The summed E-state index contributed by atoms with van der Waals surface area (Å²) in [7, 11) is 0. The average Bonchev–Trinajstić information content (AvgIpc) is 1.61. The maximum atomic E-state index is 8.09. The summed E-state index contributed by atoms with van der Waals surface area (Å²) in [5.74, 6) is 0. The van der Waals surface area contributed by atoms with E-state index >= 15 is 0 Å². The fourth-order valence-corrected chi connectivity index (χ4v) is 0.224. The molecule has 0 heterocycles. The maximum Gasteiger partial charge on any atom is 0.0431 e. The van der Waals surface area contributed by atoms with E-state index < -0.39 is 0 Å². The van der Waals surface area contributed by atoms with E-state index in [0.717, 1.165) is 12.8 Å². The smallest absolute Gasteiger partial charge is 0.0431 e. The van der Waals surface area contributed by atoms with Crippen LogP contribution in [0.15, 0.2) is 0 Å². The standard InChI is InChI=1S/C4H10O2.3H2O.Ti/c5-3-1-2-4-6;;;;/h5-6H,1-4H2;3*1H2;/p-3. The van der Waals surface area contributed by atoms with Crippen molar-refractivity contribution in [2.24, 2.45) is 0 Å². The molecule has 0 aliphatic rings. The molecule has 66 valence electrons. The monoisotopic (exact) mass is 189 g/mol. The van der Waals surface area contributed by atoms with Crippen molar-refractivity contribution >= 4 is 0 Å². The molecule has 10 heavy (non-hydrogen) atoms. The van der Waals surface area contributed by atoms with Crippen LogP contribution in [0.5, 0.6) is 0 Å². The molecule has 0 aromatic rings. The van der Waals surface area contributed by atoms with Gasteiger partial charge in [-0.15, -0.1) is 0 Å². The number of rotatable bonds is 3. The zero-order chi connectivity index (χ0) is 4.83. The van der Waals surface area contributed by atoms with Gasteiger partial charge in [0.05, 0.1) is 0 Å². The van der Waals surface area contributed by atoms with Crippen molar-refractivity contribution in [1.82, 2.24) is 0 Å². The summed E-state index contributed by atoms with van der Waals surface area (Å²) in [6, 6.07) is 0. The van der Waals surface area contributed by atoms with Crippen molar-refractivity contribution in [3.63, 3.8) is 0 Å². The van der Waals surface area contributed by atoms with Gasteiger partial charge in [0.1, 0.15) is 0 Å². The van der Waals surface area contributed by atoms with E-state index in [1.165, 1.54) is 0 Å². The van der Waals surface area contributed by atoms with Crippen LogP contribution in [0.2, 0.25) is 0 Å². The maximum absolute atomic E-state index is 8.09. The number of aliphatic hydroxyl groups is 2. The molecular weight excluding hydrogens is 176 g/mol. The Labute approximate surface area is 74.9 Å². The van der Waals surface area contributed by atoms with Crippen molar-refractivity contribution in [3.05, 3.63) is 0 Å². The fourth-order valence-electron chi connectivity index (χ4n) is 0.224. The minimum absolute atomic E-state index is 0. The second-order valence-corrected chi connectivity index (χ2v) is 1.15. The first-order valence-corrected chi connectivity index (χ1v) is 2.13. The van der Waals surface area contributed by atoms with Crippen molar-refractivity contribution < 1.29 is 48.4 Å². The molecule has 0 aliphatic heterocycles. The van der Waals surface area contributed by atoms with E-state index in [2.05, 4.69) is 0 Å². The second-order valence-electron chi connectivity index (χ2n) is 1.15. The third-order valence-corrected chi connectivity index (χ3v) is 0.566. The normalized spacial score (nSPS) is 5.40. The SMILES string of the molecule is OCCCCO.[OH-].[OH-].[OH-].[Ti]. The molecule has 0 fully saturated rings. The topological polar surface area (TPSA) is 130 Å². The summed E-state index contributed by atoms with van der Waals surface area (Å²) in [6.45, 7) is 0.390. The zero-order valence-electron chi connectivity index (χ0n) is 5.56. The van der Waals surface area contributed by atoms with E-state index in [9.17, 15) is 0 Å². The van der Waals surface area contributed by atoms with Crippen LogP contribution >= 0.6 is 0 Å². The average molecular weight is 189 g/mol. The van der Waals surface area contributed by atoms with Gasteiger partial charge in [-0.1, -0.05) is 0 Å². The van der Waals surface area contributed by atoms with Gasteiger partial charge in [0, 0.05) is 34.9 Å². The predicted molar refractivity (Wildman–Crippen MR) is 29.2 cm³/mol. The predicted octanol–water partition coefficient (Wildman–Crippen LogP) is -0.782. The molecule has 0 aromatic heterocycles. The van der Waals surface area contributed by atoms with Gasteiger partial charge in [-0.25, -0.2) is 0 Å². The van der Waals surface area contributed by atoms with Gasteiger partial charge in [-0.3, -0.25) is 0 Å². The first-order valence-electron chi connectivity index (χ1n) is 2.13. The van der Waals surface area contributed by atoms with Gasteiger partial charge < -0.3 is 26.6 Å². The molecular formula is C4H13O5Ti-3. The Morgan fingerprint density at radius 3 is 1.00 bits per heavy atom. The molecule has 0 atom stereocenters.